The third-order valence-corrected chi connectivity index (χ3v) is 4.92. The van der Waals surface area contributed by atoms with E-state index in [1.165, 1.54) is 34.1 Å². The maximum atomic E-state index is 4.41. The molecule has 0 bridgehead atoms. The van der Waals surface area contributed by atoms with Crippen molar-refractivity contribution in [3.8, 4) is 0 Å². The van der Waals surface area contributed by atoms with E-state index >= 15 is 0 Å². The van der Waals surface area contributed by atoms with Gasteiger partial charge in [-0.3, -0.25) is 4.68 Å². The minimum atomic E-state index is 0.321. The van der Waals surface area contributed by atoms with Crippen LogP contribution in [0.3, 0.4) is 0 Å². The normalized spacial score (nSPS) is 19.6. The lowest BCUT2D eigenvalue weighted by Gasteiger charge is -2.27. The molecule has 0 spiro atoms. The molecule has 1 aromatic heterocycles. The van der Waals surface area contributed by atoms with Crippen LogP contribution in [-0.2, 0) is 13.5 Å². The van der Waals surface area contributed by atoms with Gasteiger partial charge in [-0.05, 0) is 37.8 Å². The quantitative estimate of drug-likeness (QED) is 0.922. The van der Waals surface area contributed by atoms with Gasteiger partial charge >= 0.3 is 0 Å². The minimum absolute atomic E-state index is 0.321. The van der Waals surface area contributed by atoms with Crippen LogP contribution < -0.4 is 5.32 Å². The van der Waals surface area contributed by atoms with Crippen molar-refractivity contribution in [2.75, 3.05) is 0 Å². The highest BCUT2D eigenvalue weighted by molar-refractivity contribution is 9.10. The first-order valence-electron chi connectivity index (χ1n) is 7.18. The highest BCUT2D eigenvalue weighted by Gasteiger charge is 2.25. The average molecular weight is 334 g/mol. The Morgan fingerprint density at radius 1 is 1.40 bits per heavy atom. The van der Waals surface area contributed by atoms with Gasteiger partial charge in [0, 0.05) is 34.9 Å². The number of benzene rings is 1. The molecular weight excluding hydrogens is 314 g/mol. The molecule has 0 saturated carbocycles. The topological polar surface area (TPSA) is 29.9 Å². The molecule has 2 atom stereocenters. The summed E-state index contributed by atoms with van der Waals surface area (Å²) in [6, 6.07) is 9.16. The van der Waals surface area contributed by atoms with Crippen molar-refractivity contribution in [3.05, 3.63) is 51.8 Å². The van der Waals surface area contributed by atoms with Crippen LogP contribution in [0.2, 0.25) is 0 Å². The Balaban J connectivity index is 1.81. The maximum Gasteiger partial charge on any atom is 0.0540 e. The average Bonchev–Trinajstić information content (AvgIpc) is 2.82. The molecule has 0 saturated heterocycles. The van der Waals surface area contributed by atoms with Crippen LogP contribution in [0, 0.1) is 0 Å². The SMILES string of the molecule is C[C@@H](NC1CCCc2c1cnn2C)c1ccccc1Br. The molecule has 0 fully saturated rings. The summed E-state index contributed by atoms with van der Waals surface area (Å²) in [5.41, 5.74) is 4.06. The number of halogens is 1. The summed E-state index contributed by atoms with van der Waals surface area (Å²) in [7, 11) is 2.04. The van der Waals surface area contributed by atoms with Crippen molar-refractivity contribution in [2.45, 2.75) is 38.3 Å². The number of hydrogen-bond donors (Lipinski definition) is 1. The summed E-state index contributed by atoms with van der Waals surface area (Å²) >= 11 is 3.64. The summed E-state index contributed by atoms with van der Waals surface area (Å²) in [5.74, 6) is 0. The molecule has 20 heavy (non-hydrogen) atoms. The minimum Gasteiger partial charge on any atom is -0.303 e. The van der Waals surface area contributed by atoms with Gasteiger partial charge in [-0.2, -0.15) is 5.10 Å². The van der Waals surface area contributed by atoms with Crippen LogP contribution in [-0.4, -0.2) is 9.78 Å². The molecule has 3 rings (SSSR count). The molecular formula is C16H20BrN3. The molecule has 1 heterocycles. The Kier molecular flexibility index (Phi) is 3.94. The fourth-order valence-electron chi connectivity index (χ4n) is 3.10. The Morgan fingerprint density at radius 3 is 3.00 bits per heavy atom. The lowest BCUT2D eigenvalue weighted by Crippen LogP contribution is -2.28. The van der Waals surface area contributed by atoms with Crippen LogP contribution in [0.4, 0.5) is 0 Å². The van der Waals surface area contributed by atoms with Gasteiger partial charge in [0.05, 0.1) is 6.20 Å². The number of nitrogens with one attached hydrogen (secondary N) is 1. The molecule has 0 amide bonds. The largest absolute Gasteiger partial charge is 0.303 e. The van der Waals surface area contributed by atoms with Crippen molar-refractivity contribution in [1.29, 1.82) is 0 Å². The molecule has 4 heteroatoms. The standard InChI is InChI=1S/C16H20BrN3/c1-11(12-6-3-4-7-14(12)17)19-15-8-5-9-16-13(15)10-18-20(16)2/h3-4,6-7,10-11,15,19H,5,8-9H2,1-2H3/t11-,15?/m1/s1. The van der Waals surface area contributed by atoms with Gasteiger partial charge in [-0.1, -0.05) is 34.1 Å². The van der Waals surface area contributed by atoms with Crippen LogP contribution in [0.5, 0.6) is 0 Å². The molecule has 0 radical (unpaired) electrons. The monoisotopic (exact) mass is 333 g/mol. The summed E-state index contributed by atoms with van der Waals surface area (Å²) in [6.07, 6.45) is 5.59. The summed E-state index contributed by atoms with van der Waals surface area (Å²) in [4.78, 5) is 0. The molecule has 0 aliphatic heterocycles. The second-order valence-electron chi connectivity index (χ2n) is 5.52. The molecule has 1 unspecified atom stereocenters. The van der Waals surface area contributed by atoms with Gasteiger partial charge in [-0.15, -0.1) is 0 Å². The van der Waals surface area contributed by atoms with Crippen molar-refractivity contribution in [2.24, 2.45) is 7.05 Å². The molecule has 1 aliphatic carbocycles. The van der Waals surface area contributed by atoms with E-state index in [1.807, 2.05) is 17.9 Å². The number of fused-ring (bicyclic) bond motifs is 1. The van der Waals surface area contributed by atoms with E-state index in [-0.39, 0.29) is 0 Å². The van der Waals surface area contributed by atoms with Crippen LogP contribution in [0.1, 0.15) is 48.7 Å². The second kappa shape index (κ2) is 5.70. The zero-order chi connectivity index (χ0) is 14.1. The molecule has 1 aliphatic rings. The van der Waals surface area contributed by atoms with Crippen molar-refractivity contribution >= 4 is 15.9 Å². The van der Waals surface area contributed by atoms with E-state index in [0.717, 1.165) is 6.42 Å². The number of hydrogen-bond acceptors (Lipinski definition) is 2. The second-order valence-corrected chi connectivity index (χ2v) is 6.38. The first kappa shape index (κ1) is 13.8. The Morgan fingerprint density at radius 2 is 2.20 bits per heavy atom. The fourth-order valence-corrected chi connectivity index (χ4v) is 3.73. The van der Waals surface area contributed by atoms with Gasteiger partial charge < -0.3 is 5.32 Å². The fraction of sp³-hybridized carbons (Fsp3) is 0.438. The number of aromatic nitrogens is 2. The van der Waals surface area contributed by atoms with Gasteiger partial charge in [-0.25, -0.2) is 0 Å². The van der Waals surface area contributed by atoms with Gasteiger partial charge in [0.2, 0.25) is 0 Å². The third-order valence-electron chi connectivity index (χ3n) is 4.20. The van der Waals surface area contributed by atoms with Crippen molar-refractivity contribution in [1.82, 2.24) is 15.1 Å². The zero-order valence-electron chi connectivity index (χ0n) is 11.9. The third kappa shape index (κ3) is 2.54. The summed E-state index contributed by atoms with van der Waals surface area (Å²) in [6.45, 7) is 2.23. The summed E-state index contributed by atoms with van der Waals surface area (Å²) in [5, 5.41) is 8.18. The Labute approximate surface area is 128 Å². The molecule has 106 valence electrons. The summed E-state index contributed by atoms with van der Waals surface area (Å²) < 4.78 is 3.19. The highest BCUT2D eigenvalue weighted by atomic mass is 79.9. The van der Waals surface area contributed by atoms with E-state index < -0.39 is 0 Å². The lowest BCUT2D eigenvalue weighted by atomic mass is 9.92. The van der Waals surface area contributed by atoms with Gasteiger partial charge in [0.1, 0.15) is 0 Å². The van der Waals surface area contributed by atoms with Crippen LogP contribution in [0.25, 0.3) is 0 Å². The van der Waals surface area contributed by atoms with E-state index in [9.17, 15) is 0 Å². The van der Waals surface area contributed by atoms with E-state index in [4.69, 9.17) is 0 Å². The first-order valence-corrected chi connectivity index (χ1v) is 7.97. The lowest BCUT2D eigenvalue weighted by molar-refractivity contribution is 0.410. The predicted octanol–water partition coefficient (Wildman–Crippen LogP) is 3.91. The molecule has 1 aromatic carbocycles. The van der Waals surface area contributed by atoms with Gasteiger partial charge in [0.25, 0.3) is 0 Å². The smallest absolute Gasteiger partial charge is 0.0540 e. The number of aryl methyl sites for hydroxylation is 1. The van der Waals surface area contributed by atoms with Crippen LogP contribution >= 0.6 is 15.9 Å². The first-order chi connectivity index (χ1) is 9.66. The Hall–Kier alpha value is -1.13. The number of nitrogens with zero attached hydrogens (tertiary/aromatic N) is 2. The Bertz CT molecular complexity index is 606. The van der Waals surface area contributed by atoms with Gasteiger partial charge in [0.15, 0.2) is 0 Å². The highest BCUT2D eigenvalue weighted by Crippen LogP contribution is 2.32. The van der Waals surface area contributed by atoms with E-state index in [2.05, 4.69) is 57.5 Å². The zero-order valence-corrected chi connectivity index (χ0v) is 13.5. The van der Waals surface area contributed by atoms with Crippen molar-refractivity contribution in [3.63, 3.8) is 0 Å². The van der Waals surface area contributed by atoms with Crippen molar-refractivity contribution < 1.29 is 0 Å². The van der Waals surface area contributed by atoms with E-state index in [1.54, 1.807) is 0 Å². The molecule has 3 nitrogen and oxygen atoms in total. The number of rotatable bonds is 3. The molecule has 2 aromatic rings. The predicted molar refractivity (Wildman–Crippen MR) is 84.6 cm³/mol. The maximum absolute atomic E-state index is 4.41. The van der Waals surface area contributed by atoms with Crippen LogP contribution in [0.15, 0.2) is 34.9 Å². The van der Waals surface area contributed by atoms with E-state index in [0.29, 0.717) is 12.1 Å². The molecule has 1 N–H and O–H groups in total.